The van der Waals surface area contributed by atoms with Gasteiger partial charge in [0.15, 0.2) is 0 Å². The molecule has 0 bridgehead atoms. The number of aliphatic imine (C=N–C) groups is 1. The van der Waals surface area contributed by atoms with Crippen LogP contribution < -0.4 is 0 Å². The van der Waals surface area contributed by atoms with E-state index in [1.165, 1.54) is 0 Å². The molecular weight excluding hydrogens is 310 g/mol. The van der Waals surface area contributed by atoms with Crippen LogP contribution in [0.15, 0.2) is 39.6 Å². The lowest BCUT2D eigenvalue weighted by molar-refractivity contribution is -0.111. The van der Waals surface area contributed by atoms with E-state index in [2.05, 4.69) is 22.0 Å². The number of rotatable bonds is 12. The predicted molar refractivity (Wildman–Crippen MR) is 92.8 cm³/mol. The fourth-order valence-corrected chi connectivity index (χ4v) is 1.67. The van der Waals surface area contributed by atoms with Gasteiger partial charge in [-0.3, -0.25) is 9.59 Å². The minimum Gasteiger partial charge on any atom is -0.396 e. The standard InChI is InChI=1S/C17H21N3O4/c1-18-17(22)13-20-24-11-5-3-2-4-10-23-19-12-15-6-8-16(14-21)9-7-15/h6-9,12-14H,1-5,10-11H2. The van der Waals surface area contributed by atoms with Gasteiger partial charge in [-0.25, -0.2) is 4.99 Å². The minimum atomic E-state index is -0.521. The molecule has 1 amide bonds. The van der Waals surface area contributed by atoms with E-state index < -0.39 is 5.91 Å². The van der Waals surface area contributed by atoms with Crippen LogP contribution in [0.1, 0.15) is 41.6 Å². The Hall–Kier alpha value is -2.83. The molecule has 0 saturated carbocycles. The Morgan fingerprint density at radius 3 is 2.12 bits per heavy atom. The van der Waals surface area contributed by atoms with Crippen molar-refractivity contribution >= 4 is 31.3 Å². The van der Waals surface area contributed by atoms with Gasteiger partial charge in [0, 0.05) is 5.56 Å². The third-order valence-corrected chi connectivity index (χ3v) is 2.96. The molecule has 0 spiro atoms. The molecule has 0 N–H and O–H groups in total. The number of nitrogens with zero attached hydrogens (tertiary/aromatic N) is 3. The van der Waals surface area contributed by atoms with Crippen LogP contribution in [-0.2, 0) is 14.5 Å². The Kier molecular flexibility index (Phi) is 10.2. The Bertz CT molecular complexity index is 568. The van der Waals surface area contributed by atoms with Gasteiger partial charge in [0.05, 0.1) is 6.21 Å². The molecule has 0 fully saturated rings. The lowest BCUT2D eigenvalue weighted by Gasteiger charge is -2.00. The van der Waals surface area contributed by atoms with Crippen LogP contribution in [-0.4, -0.2) is 44.6 Å². The number of hydrogen-bond donors (Lipinski definition) is 0. The first-order valence-electron chi connectivity index (χ1n) is 7.63. The summed E-state index contributed by atoms with van der Waals surface area (Å²) in [6.45, 7) is 4.07. The molecule has 0 aliphatic rings. The highest BCUT2D eigenvalue weighted by Crippen LogP contribution is 2.02. The summed E-state index contributed by atoms with van der Waals surface area (Å²) in [5, 5.41) is 7.35. The zero-order valence-corrected chi connectivity index (χ0v) is 13.5. The summed E-state index contributed by atoms with van der Waals surface area (Å²) in [4.78, 5) is 34.4. The number of oxime groups is 2. The number of aldehydes is 1. The van der Waals surface area contributed by atoms with Gasteiger partial charge in [0.1, 0.15) is 25.7 Å². The van der Waals surface area contributed by atoms with Crippen molar-refractivity contribution in [2.24, 2.45) is 15.3 Å². The van der Waals surface area contributed by atoms with E-state index in [4.69, 9.17) is 9.68 Å². The zero-order chi connectivity index (χ0) is 17.5. The first-order chi connectivity index (χ1) is 11.8. The number of carbonyl (C=O) groups excluding carboxylic acids is 2. The van der Waals surface area contributed by atoms with E-state index in [1.807, 2.05) is 0 Å². The zero-order valence-electron chi connectivity index (χ0n) is 13.5. The normalized spacial score (nSPS) is 10.8. The Morgan fingerprint density at radius 1 is 0.958 bits per heavy atom. The van der Waals surface area contributed by atoms with Crippen LogP contribution in [0.2, 0.25) is 0 Å². The summed E-state index contributed by atoms with van der Waals surface area (Å²) < 4.78 is 0. The van der Waals surface area contributed by atoms with Gasteiger partial charge in [-0.1, -0.05) is 34.6 Å². The van der Waals surface area contributed by atoms with Gasteiger partial charge in [-0.05, 0) is 38.0 Å². The van der Waals surface area contributed by atoms with E-state index >= 15 is 0 Å². The topological polar surface area (TPSA) is 89.7 Å². The fourth-order valence-electron chi connectivity index (χ4n) is 1.67. The second-order valence-corrected chi connectivity index (χ2v) is 4.83. The number of amides is 1. The maximum atomic E-state index is 10.7. The van der Waals surface area contributed by atoms with E-state index in [1.54, 1.807) is 30.5 Å². The summed E-state index contributed by atoms with van der Waals surface area (Å²) in [7, 11) is 0. The molecule has 1 aromatic rings. The third-order valence-electron chi connectivity index (χ3n) is 2.96. The minimum absolute atomic E-state index is 0.455. The number of unbranched alkanes of at least 4 members (excludes halogenated alkanes) is 3. The molecule has 0 aliphatic heterocycles. The molecule has 0 aliphatic carbocycles. The van der Waals surface area contributed by atoms with Crippen LogP contribution in [0.25, 0.3) is 0 Å². The first kappa shape index (κ1) is 19.2. The van der Waals surface area contributed by atoms with Crippen LogP contribution >= 0.6 is 0 Å². The Morgan fingerprint density at radius 2 is 1.54 bits per heavy atom. The largest absolute Gasteiger partial charge is 0.396 e. The summed E-state index contributed by atoms with van der Waals surface area (Å²) in [6.07, 6.45) is 7.11. The highest BCUT2D eigenvalue weighted by atomic mass is 16.6. The van der Waals surface area contributed by atoms with E-state index in [0.29, 0.717) is 18.8 Å². The van der Waals surface area contributed by atoms with Gasteiger partial charge < -0.3 is 9.68 Å². The Balaban J connectivity index is 1.97. The van der Waals surface area contributed by atoms with Crippen molar-refractivity contribution in [2.45, 2.75) is 25.7 Å². The molecule has 7 nitrogen and oxygen atoms in total. The average molecular weight is 331 g/mol. The monoisotopic (exact) mass is 331 g/mol. The summed E-state index contributed by atoms with van der Waals surface area (Å²) >= 11 is 0. The molecule has 7 heteroatoms. The van der Waals surface area contributed by atoms with Crippen LogP contribution in [0.5, 0.6) is 0 Å². The van der Waals surface area contributed by atoms with E-state index in [-0.39, 0.29) is 0 Å². The van der Waals surface area contributed by atoms with Crippen LogP contribution in [0.4, 0.5) is 0 Å². The van der Waals surface area contributed by atoms with Gasteiger partial charge in [-0.15, -0.1) is 0 Å². The van der Waals surface area contributed by atoms with Gasteiger partial charge >= 0.3 is 0 Å². The molecule has 1 aromatic carbocycles. The number of hydrogen-bond acceptors (Lipinski definition) is 6. The molecule has 24 heavy (non-hydrogen) atoms. The number of carbonyl (C=O) groups is 2. The van der Waals surface area contributed by atoms with Gasteiger partial charge in [-0.2, -0.15) is 0 Å². The summed E-state index contributed by atoms with van der Waals surface area (Å²) in [6, 6.07) is 7.06. The quantitative estimate of drug-likeness (QED) is 0.255. The maximum Gasteiger partial charge on any atom is 0.290 e. The molecule has 0 radical (unpaired) electrons. The van der Waals surface area contributed by atoms with Gasteiger partial charge in [0.2, 0.25) is 0 Å². The molecular formula is C17H21N3O4. The second-order valence-electron chi connectivity index (χ2n) is 4.83. The Labute approximate surface area is 141 Å². The van der Waals surface area contributed by atoms with E-state index in [9.17, 15) is 9.59 Å². The smallest absolute Gasteiger partial charge is 0.290 e. The van der Waals surface area contributed by atoms with Crippen LogP contribution in [0.3, 0.4) is 0 Å². The summed E-state index contributed by atoms with van der Waals surface area (Å²) in [5.74, 6) is -0.521. The highest BCUT2D eigenvalue weighted by Gasteiger charge is 1.93. The molecule has 1 rings (SSSR count). The predicted octanol–water partition coefficient (Wildman–Crippen LogP) is 2.64. The van der Waals surface area contributed by atoms with Crippen molar-refractivity contribution in [1.82, 2.24) is 0 Å². The second kappa shape index (κ2) is 12.7. The molecule has 0 unspecified atom stereocenters. The van der Waals surface area contributed by atoms with E-state index in [0.717, 1.165) is 43.7 Å². The molecule has 0 saturated heterocycles. The van der Waals surface area contributed by atoms with Gasteiger partial charge in [0.25, 0.3) is 5.91 Å². The molecule has 0 atom stereocenters. The highest BCUT2D eigenvalue weighted by molar-refractivity contribution is 6.27. The fraction of sp³-hybridized carbons (Fsp3) is 0.353. The van der Waals surface area contributed by atoms with Crippen molar-refractivity contribution in [2.75, 3.05) is 13.2 Å². The van der Waals surface area contributed by atoms with Crippen LogP contribution in [0, 0.1) is 0 Å². The first-order valence-corrected chi connectivity index (χ1v) is 7.63. The van der Waals surface area contributed by atoms with Crippen molar-refractivity contribution < 1.29 is 19.3 Å². The lowest BCUT2D eigenvalue weighted by Crippen LogP contribution is -1.95. The van der Waals surface area contributed by atoms with Crippen molar-refractivity contribution in [1.29, 1.82) is 0 Å². The maximum absolute atomic E-state index is 10.7. The average Bonchev–Trinajstić information content (AvgIpc) is 2.62. The SMILES string of the molecule is C=NC(=O)C=NOCCCCCCON=Cc1ccc(C=O)cc1. The van der Waals surface area contributed by atoms with Crippen molar-refractivity contribution in [3.8, 4) is 0 Å². The summed E-state index contributed by atoms with van der Waals surface area (Å²) in [5.41, 5.74) is 1.51. The molecule has 128 valence electrons. The van der Waals surface area contributed by atoms with Crippen molar-refractivity contribution in [3.05, 3.63) is 35.4 Å². The number of benzene rings is 1. The third kappa shape index (κ3) is 9.24. The van der Waals surface area contributed by atoms with Crippen molar-refractivity contribution in [3.63, 3.8) is 0 Å². The molecule has 0 aromatic heterocycles. The lowest BCUT2D eigenvalue weighted by atomic mass is 10.2. The molecule has 0 heterocycles.